The van der Waals surface area contributed by atoms with Gasteiger partial charge in [-0.2, -0.15) is 0 Å². The van der Waals surface area contributed by atoms with E-state index in [0.717, 1.165) is 24.8 Å². The fraction of sp³-hybridized carbons (Fsp3) is 0.630. The molecule has 0 spiro atoms. The van der Waals surface area contributed by atoms with Crippen LogP contribution in [0.2, 0.25) is 0 Å². The molecule has 0 amide bonds. The summed E-state index contributed by atoms with van der Waals surface area (Å²) in [5.41, 5.74) is -1.27. The van der Waals surface area contributed by atoms with Crippen molar-refractivity contribution in [3.63, 3.8) is 0 Å². The second-order valence-corrected chi connectivity index (χ2v) is 11.2. The van der Waals surface area contributed by atoms with Gasteiger partial charge < -0.3 is 14.9 Å². The Hall–Kier alpha value is -2.38. The molecule has 4 aliphatic rings. The minimum atomic E-state index is -1.65. The number of hydrogen-bond acceptors (Lipinski definition) is 7. The van der Waals surface area contributed by atoms with Crippen molar-refractivity contribution in [2.45, 2.75) is 70.5 Å². The minimum Gasteiger partial charge on any atom is -0.454 e. The molecule has 0 bridgehead atoms. The minimum absolute atomic E-state index is 0.0135. The highest BCUT2D eigenvalue weighted by Gasteiger charge is 2.68. The third-order valence-electron chi connectivity index (χ3n) is 9.74. The molecule has 1 heterocycles. The van der Waals surface area contributed by atoms with Gasteiger partial charge in [-0.1, -0.05) is 19.4 Å². The number of aliphatic hydroxyl groups is 2. The van der Waals surface area contributed by atoms with E-state index in [1.807, 2.05) is 6.92 Å². The number of esters is 1. The first kappa shape index (κ1) is 23.4. The summed E-state index contributed by atoms with van der Waals surface area (Å²) in [4.78, 5) is 41.5. The lowest BCUT2D eigenvalue weighted by Crippen LogP contribution is -2.62. The molecule has 7 heteroatoms. The van der Waals surface area contributed by atoms with Crippen LogP contribution in [-0.2, 0) is 14.3 Å². The maximum Gasteiger partial charge on any atom is 0.340 e. The normalized spacial score (nSPS) is 41.1. The first-order valence-corrected chi connectivity index (χ1v) is 12.3. The van der Waals surface area contributed by atoms with Crippen molar-refractivity contribution in [3.8, 4) is 0 Å². The van der Waals surface area contributed by atoms with Crippen molar-refractivity contribution in [3.05, 3.63) is 41.7 Å². The molecule has 7 unspecified atom stereocenters. The van der Waals surface area contributed by atoms with Crippen LogP contribution in [0.25, 0.3) is 0 Å². The molecule has 2 N–H and O–H groups in total. The van der Waals surface area contributed by atoms with Gasteiger partial charge in [0, 0.05) is 24.2 Å². The lowest BCUT2D eigenvalue weighted by atomic mass is 9.45. The Morgan fingerprint density at radius 1 is 1.21 bits per heavy atom. The zero-order valence-electron chi connectivity index (χ0n) is 19.8. The van der Waals surface area contributed by atoms with E-state index in [-0.39, 0.29) is 34.5 Å². The van der Waals surface area contributed by atoms with Gasteiger partial charge in [-0.15, -0.1) is 0 Å². The summed E-state index contributed by atoms with van der Waals surface area (Å²) in [5, 5.41) is 23.2. The highest BCUT2D eigenvalue weighted by Crippen LogP contribution is 2.67. The van der Waals surface area contributed by atoms with E-state index in [1.54, 1.807) is 24.4 Å². The van der Waals surface area contributed by atoms with E-state index in [2.05, 4.69) is 11.9 Å². The Balaban J connectivity index is 1.37. The molecule has 0 saturated heterocycles. The van der Waals surface area contributed by atoms with Crippen molar-refractivity contribution in [2.24, 2.45) is 28.6 Å². The Kier molecular flexibility index (Phi) is 5.56. The third kappa shape index (κ3) is 3.31. The summed E-state index contributed by atoms with van der Waals surface area (Å²) in [6.45, 7) is 3.59. The number of rotatable bonds is 4. The topological polar surface area (TPSA) is 114 Å². The smallest absolute Gasteiger partial charge is 0.340 e. The van der Waals surface area contributed by atoms with Crippen LogP contribution in [0, 0.1) is 28.6 Å². The number of aromatic nitrogens is 1. The molecule has 7 nitrogen and oxygen atoms in total. The first-order valence-electron chi connectivity index (χ1n) is 12.3. The molecule has 0 aromatic carbocycles. The maximum atomic E-state index is 13.3. The van der Waals surface area contributed by atoms with Gasteiger partial charge in [0.05, 0.1) is 11.7 Å². The van der Waals surface area contributed by atoms with Gasteiger partial charge >= 0.3 is 5.97 Å². The second-order valence-electron chi connectivity index (χ2n) is 11.2. The van der Waals surface area contributed by atoms with E-state index in [0.29, 0.717) is 25.7 Å². The average Bonchev–Trinajstić information content (AvgIpc) is 3.09. The Labute approximate surface area is 199 Å². The first-order chi connectivity index (χ1) is 16.1. The van der Waals surface area contributed by atoms with Crippen molar-refractivity contribution in [2.75, 3.05) is 6.61 Å². The van der Waals surface area contributed by atoms with Gasteiger partial charge in [-0.3, -0.25) is 14.6 Å². The number of pyridine rings is 1. The molecule has 7 atom stereocenters. The highest BCUT2D eigenvalue weighted by atomic mass is 16.5. The summed E-state index contributed by atoms with van der Waals surface area (Å²) >= 11 is 0. The van der Waals surface area contributed by atoms with Crippen molar-refractivity contribution in [1.82, 2.24) is 4.98 Å². The SMILES string of the molecule is CC12CCC(=O)C=C1CCC1C2C(O)CC2(C)C1CCC2(O)C(=O)COC(=O)c1cccnc1. The van der Waals surface area contributed by atoms with E-state index >= 15 is 0 Å². The Morgan fingerprint density at radius 2 is 2.00 bits per heavy atom. The van der Waals surface area contributed by atoms with Crippen molar-refractivity contribution in [1.29, 1.82) is 0 Å². The maximum absolute atomic E-state index is 13.3. The number of fused-ring (bicyclic) bond motifs is 5. The number of nitrogens with zero attached hydrogens (tertiary/aromatic N) is 1. The van der Waals surface area contributed by atoms with E-state index in [1.165, 1.54) is 6.20 Å². The molecule has 1 aromatic rings. The van der Waals surface area contributed by atoms with Gasteiger partial charge in [0.15, 0.2) is 12.4 Å². The molecule has 0 aliphatic heterocycles. The standard InChI is InChI=1S/C27H33NO6/c1-25-9-7-18(29)12-17(25)5-6-19-20-8-10-27(33,26(20,2)13-21(30)23(19)25)22(31)15-34-24(32)16-4-3-11-28-14-16/h3-4,11-12,14,19-21,23,30,33H,5-10,13,15H2,1-2H3. The molecular weight excluding hydrogens is 434 g/mol. The number of ketones is 2. The van der Waals surface area contributed by atoms with Crippen LogP contribution in [0.4, 0.5) is 0 Å². The van der Waals surface area contributed by atoms with E-state index in [9.17, 15) is 24.6 Å². The summed E-state index contributed by atoms with van der Waals surface area (Å²) < 4.78 is 5.23. The lowest BCUT2D eigenvalue weighted by Gasteiger charge is -2.60. The number of carbonyl (C=O) groups excluding carboxylic acids is 3. The molecule has 182 valence electrons. The van der Waals surface area contributed by atoms with Crippen LogP contribution >= 0.6 is 0 Å². The third-order valence-corrected chi connectivity index (χ3v) is 9.74. The highest BCUT2D eigenvalue weighted by molar-refractivity contribution is 5.94. The van der Waals surface area contributed by atoms with Crippen LogP contribution in [0.15, 0.2) is 36.2 Å². The van der Waals surface area contributed by atoms with Crippen LogP contribution in [-0.4, -0.2) is 51.0 Å². The number of allylic oxidation sites excluding steroid dienone is 1. The quantitative estimate of drug-likeness (QED) is 0.654. The molecule has 4 aliphatic carbocycles. The zero-order valence-corrected chi connectivity index (χ0v) is 19.8. The lowest BCUT2D eigenvalue weighted by molar-refractivity contribution is -0.182. The number of ether oxygens (including phenoxy) is 1. The van der Waals surface area contributed by atoms with Crippen molar-refractivity contribution < 1.29 is 29.3 Å². The number of carbonyl (C=O) groups is 3. The Morgan fingerprint density at radius 3 is 2.74 bits per heavy atom. The summed E-state index contributed by atoms with van der Waals surface area (Å²) in [7, 11) is 0. The van der Waals surface area contributed by atoms with Gasteiger partial charge in [0.1, 0.15) is 5.60 Å². The average molecular weight is 468 g/mol. The molecule has 3 saturated carbocycles. The van der Waals surface area contributed by atoms with Crippen molar-refractivity contribution >= 4 is 17.5 Å². The monoisotopic (exact) mass is 467 g/mol. The fourth-order valence-corrected chi connectivity index (χ4v) is 7.97. The predicted octanol–water partition coefficient (Wildman–Crippen LogP) is 3.04. The van der Waals surface area contributed by atoms with Crippen LogP contribution in [0.3, 0.4) is 0 Å². The summed E-state index contributed by atoms with van der Waals surface area (Å²) in [6.07, 6.45) is 8.24. The molecule has 34 heavy (non-hydrogen) atoms. The fourth-order valence-electron chi connectivity index (χ4n) is 7.97. The van der Waals surface area contributed by atoms with E-state index < -0.39 is 35.5 Å². The number of Topliss-reactive ketones (excluding diaryl/α,β-unsaturated/α-hetero) is 1. The van der Waals surface area contributed by atoms with Gasteiger partial charge in [-0.25, -0.2) is 4.79 Å². The van der Waals surface area contributed by atoms with Crippen LogP contribution < -0.4 is 0 Å². The number of hydrogen-bond donors (Lipinski definition) is 2. The zero-order chi connectivity index (χ0) is 24.3. The largest absolute Gasteiger partial charge is 0.454 e. The molecule has 3 fully saturated rings. The van der Waals surface area contributed by atoms with Gasteiger partial charge in [0.25, 0.3) is 0 Å². The van der Waals surface area contributed by atoms with E-state index in [4.69, 9.17) is 4.74 Å². The number of aliphatic hydroxyl groups excluding tert-OH is 1. The summed E-state index contributed by atoms with van der Waals surface area (Å²) in [5.74, 6) is -0.725. The van der Waals surface area contributed by atoms with Gasteiger partial charge in [-0.05, 0) is 79.9 Å². The molecule has 1 aromatic heterocycles. The molecule has 5 rings (SSSR count). The molecule has 0 radical (unpaired) electrons. The second kappa shape index (κ2) is 8.09. The van der Waals surface area contributed by atoms with Gasteiger partial charge in [0.2, 0.25) is 5.78 Å². The van der Waals surface area contributed by atoms with Crippen LogP contribution in [0.1, 0.15) is 69.2 Å². The van der Waals surface area contributed by atoms with Crippen LogP contribution in [0.5, 0.6) is 0 Å². The molecular formula is C27H33NO6. The predicted molar refractivity (Wildman–Crippen MR) is 123 cm³/mol. The Bertz CT molecular complexity index is 1050. The summed E-state index contributed by atoms with van der Waals surface area (Å²) in [6, 6.07) is 3.17.